The molecular formula is C19H31N3O. The van der Waals surface area contributed by atoms with Gasteiger partial charge in [-0.15, -0.1) is 0 Å². The van der Waals surface area contributed by atoms with Gasteiger partial charge >= 0.3 is 0 Å². The Morgan fingerprint density at radius 3 is 2.35 bits per heavy atom. The first-order valence-electron chi connectivity index (χ1n) is 8.88. The predicted octanol–water partition coefficient (Wildman–Crippen LogP) is 2.45. The first kappa shape index (κ1) is 18.0. The molecule has 0 unspecified atom stereocenters. The van der Waals surface area contributed by atoms with Gasteiger partial charge in [-0.1, -0.05) is 37.3 Å². The van der Waals surface area contributed by atoms with Gasteiger partial charge in [0.1, 0.15) is 0 Å². The lowest BCUT2D eigenvalue weighted by Crippen LogP contribution is -2.49. The number of hydrogen-bond acceptors (Lipinski definition) is 3. The third-order valence-corrected chi connectivity index (χ3v) is 4.74. The highest BCUT2D eigenvalue weighted by molar-refractivity contribution is 5.76. The summed E-state index contributed by atoms with van der Waals surface area (Å²) in [5.41, 5.74) is 1.31. The summed E-state index contributed by atoms with van der Waals surface area (Å²) in [5.74, 6) is 0.305. The molecule has 0 saturated carbocycles. The lowest BCUT2D eigenvalue weighted by atomic mass is 10.1. The zero-order chi connectivity index (χ0) is 16.7. The van der Waals surface area contributed by atoms with Gasteiger partial charge in [-0.2, -0.15) is 0 Å². The van der Waals surface area contributed by atoms with E-state index in [0.29, 0.717) is 18.4 Å². The fourth-order valence-electron chi connectivity index (χ4n) is 3.05. The molecule has 1 amide bonds. The highest BCUT2D eigenvalue weighted by Crippen LogP contribution is 2.10. The molecule has 2 rings (SSSR count). The molecule has 1 aromatic rings. The molecule has 128 valence electrons. The number of carbonyl (C=O) groups is 1. The Morgan fingerprint density at radius 2 is 1.78 bits per heavy atom. The van der Waals surface area contributed by atoms with Crippen LogP contribution in [0.4, 0.5) is 0 Å². The average molecular weight is 317 g/mol. The van der Waals surface area contributed by atoms with E-state index in [1.54, 1.807) is 0 Å². The third-order valence-electron chi connectivity index (χ3n) is 4.74. The Bertz CT molecular complexity index is 467. The predicted molar refractivity (Wildman–Crippen MR) is 95.3 cm³/mol. The van der Waals surface area contributed by atoms with E-state index in [1.807, 2.05) is 11.0 Å². The Balaban J connectivity index is 1.80. The summed E-state index contributed by atoms with van der Waals surface area (Å²) in [4.78, 5) is 19.3. The van der Waals surface area contributed by atoms with Crippen LogP contribution in [0.1, 0.15) is 32.8 Å². The molecule has 1 fully saturated rings. The number of benzene rings is 1. The van der Waals surface area contributed by atoms with E-state index in [-0.39, 0.29) is 0 Å². The van der Waals surface area contributed by atoms with Crippen LogP contribution in [0.3, 0.4) is 0 Å². The quantitative estimate of drug-likeness (QED) is 0.773. The molecule has 4 nitrogen and oxygen atoms in total. The van der Waals surface area contributed by atoms with E-state index in [9.17, 15) is 4.79 Å². The molecule has 1 aromatic carbocycles. The fraction of sp³-hybridized carbons (Fsp3) is 0.632. The molecule has 1 aliphatic rings. The van der Waals surface area contributed by atoms with Gasteiger partial charge in [-0.25, -0.2) is 0 Å². The van der Waals surface area contributed by atoms with Crippen LogP contribution in [0.5, 0.6) is 0 Å². The SMILES string of the molecule is CCN1CCN(C(=O)CCN(Cc2ccccc2)C(C)C)CC1. The average Bonchev–Trinajstić information content (AvgIpc) is 2.59. The van der Waals surface area contributed by atoms with Crippen molar-refractivity contribution < 1.29 is 4.79 Å². The Kier molecular flexibility index (Phi) is 7.06. The van der Waals surface area contributed by atoms with Gasteiger partial charge in [-0.05, 0) is 26.0 Å². The van der Waals surface area contributed by atoms with Crippen LogP contribution in [-0.4, -0.2) is 65.9 Å². The number of piperazine rings is 1. The summed E-state index contributed by atoms with van der Waals surface area (Å²) >= 11 is 0. The van der Waals surface area contributed by atoms with Gasteiger partial charge in [0, 0.05) is 51.7 Å². The molecule has 1 heterocycles. The van der Waals surface area contributed by atoms with E-state index in [0.717, 1.165) is 45.8 Å². The van der Waals surface area contributed by atoms with Crippen molar-refractivity contribution in [2.45, 2.75) is 39.8 Å². The van der Waals surface area contributed by atoms with E-state index < -0.39 is 0 Å². The minimum atomic E-state index is 0.305. The second-order valence-corrected chi connectivity index (χ2v) is 6.61. The Labute approximate surface area is 141 Å². The van der Waals surface area contributed by atoms with Gasteiger partial charge < -0.3 is 9.80 Å². The fourth-order valence-corrected chi connectivity index (χ4v) is 3.05. The molecule has 0 bridgehead atoms. The van der Waals surface area contributed by atoms with Crippen molar-refractivity contribution in [3.63, 3.8) is 0 Å². The van der Waals surface area contributed by atoms with E-state index in [2.05, 4.69) is 54.8 Å². The zero-order valence-electron chi connectivity index (χ0n) is 14.9. The monoisotopic (exact) mass is 317 g/mol. The smallest absolute Gasteiger partial charge is 0.223 e. The van der Waals surface area contributed by atoms with E-state index in [1.165, 1.54) is 5.56 Å². The maximum Gasteiger partial charge on any atom is 0.223 e. The molecule has 1 aliphatic heterocycles. The normalized spacial score (nSPS) is 16.3. The summed E-state index contributed by atoms with van der Waals surface area (Å²) in [6.07, 6.45) is 0.622. The lowest BCUT2D eigenvalue weighted by molar-refractivity contribution is -0.133. The van der Waals surface area contributed by atoms with Gasteiger partial charge in [-0.3, -0.25) is 9.69 Å². The summed E-state index contributed by atoms with van der Waals surface area (Å²) in [5, 5.41) is 0. The van der Waals surface area contributed by atoms with Gasteiger partial charge in [0.05, 0.1) is 0 Å². The molecule has 0 spiro atoms. The number of nitrogens with zero attached hydrogens (tertiary/aromatic N) is 3. The van der Waals surface area contributed by atoms with Crippen LogP contribution in [0.15, 0.2) is 30.3 Å². The van der Waals surface area contributed by atoms with Crippen molar-refractivity contribution in [2.24, 2.45) is 0 Å². The molecule has 0 radical (unpaired) electrons. The molecule has 4 heteroatoms. The van der Waals surface area contributed by atoms with Gasteiger partial charge in [0.2, 0.25) is 5.91 Å². The molecular weight excluding hydrogens is 286 g/mol. The van der Waals surface area contributed by atoms with Crippen molar-refractivity contribution >= 4 is 5.91 Å². The number of amides is 1. The van der Waals surface area contributed by atoms with E-state index >= 15 is 0 Å². The van der Waals surface area contributed by atoms with Crippen molar-refractivity contribution in [3.05, 3.63) is 35.9 Å². The topological polar surface area (TPSA) is 26.8 Å². The third kappa shape index (κ3) is 5.63. The maximum atomic E-state index is 12.5. The van der Waals surface area contributed by atoms with E-state index in [4.69, 9.17) is 0 Å². The minimum Gasteiger partial charge on any atom is -0.340 e. The molecule has 0 aliphatic carbocycles. The minimum absolute atomic E-state index is 0.305. The summed E-state index contributed by atoms with van der Waals surface area (Å²) < 4.78 is 0. The highest BCUT2D eigenvalue weighted by Gasteiger charge is 2.21. The number of hydrogen-bond donors (Lipinski definition) is 0. The standard InChI is InChI=1S/C19H31N3O/c1-4-20-12-14-21(15-13-20)19(23)10-11-22(17(2)3)16-18-8-6-5-7-9-18/h5-9,17H,4,10-16H2,1-3H3. The maximum absolute atomic E-state index is 12.5. The molecule has 0 atom stereocenters. The summed E-state index contributed by atoms with van der Waals surface area (Å²) in [6.45, 7) is 13.2. The lowest BCUT2D eigenvalue weighted by Gasteiger charge is -2.35. The van der Waals surface area contributed by atoms with Gasteiger partial charge in [0.25, 0.3) is 0 Å². The largest absolute Gasteiger partial charge is 0.340 e. The second-order valence-electron chi connectivity index (χ2n) is 6.61. The van der Waals surface area contributed by atoms with Crippen LogP contribution in [0.25, 0.3) is 0 Å². The van der Waals surface area contributed by atoms with Crippen LogP contribution in [-0.2, 0) is 11.3 Å². The number of carbonyl (C=O) groups excluding carboxylic acids is 1. The van der Waals surface area contributed by atoms with Crippen LogP contribution in [0, 0.1) is 0 Å². The van der Waals surface area contributed by atoms with Crippen molar-refractivity contribution in [1.29, 1.82) is 0 Å². The second kappa shape index (κ2) is 9.04. The van der Waals surface area contributed by atoms with Crippen molar-refractivity contribution in [3.8, 4) is 0 Å². The van der Waals surface area contributed by atoms with Gasteiger partial charge in [0.15, 0.2) is 0 Å². The summed E-state index contributed by atoms with van der Waals surface area (Å²) in [6, 6.07) is 10.9. The molecule has 1 saturated heterocycles. The first-order valence-corrected chi connectivity index (χ1v) is 8.88. The first-order chi connectivity index (χ1) is 11.1. The van der Waals surface area contributed by atoms with Crippen LogP contribution < -0.4 is 0 Å². The molecule has 23 heavy (non-hydrogen) atoms. The summed E-state index contributed by atoms with van der Waals surface area (Å²) in [7, 11) is 0. The number of rotatable bonds is 7. The van der Waals surface area contributed by atoms with Crippen molar-refractivity contribution in [1.82, 2.24) is 14.7 Å². The van der Waals surface area contributed by atoms with Crippen LogP contribution >= 0.6 is 0 Å². The van der Waals surface area contributed by atoms with Crippen molar-refractivity contribution in [2.75, 3.05) is 39.3 Å². The Hall–Kier alpha value is -1.39. The number of likely N-dealkylation sites (N-methyl/N-ethyl adjacent to an activating group) is 1. The zero-order valence-corrected chi connectivity index (χ0v) is 14.9. The molecule has 0 aromatic heterocycles. The highest BCUT2D eigenvalue weighted by atomic mass is 16.2. The molecule has 0 N–H and O–H groups in total. The Morgan fingerprint density at radius 1 is 1.13 bits per heavy atom. The van der Waals surface area contributed by atoms with Crippen LogP contribution in [0.2, 0.25) is 0 Å².